The molecule has 0 radical (unpaired) electrons. The van der Waals surface area contributed by atoms with Crippen LogP contribution in [-0.4, -0.2) is 20.8 Å². The Morgan fingerprint density at radius 2 is 2.40 bits per heavy atom. The van der Waals surface area contributed by atoms with E-state index >= 15 is 0 Å². The summed E-state index contributed by atoms with van der Waals surface area (Å²) in [6.45, 7) is 0. The molecule has 80 valence electrons. The third-order valence-electron chi connectivity index (χ3n) is 2.66. The number of hydrogen-bond acceptors (Lipinski definition) is 3. The SMILES string of the molecule is Cn1cc(C(=O)CC2=CCCCC2)nn1. The van der Waals surface area contributed by atoms with Gasteiger partial charge >= 0.3 is 0 Å². The summed E-state index contributed by atoms with van der Waals surface area (Å²) < 4.78 is 1.56. The fourth-order valence-corrected chi connectivity index (χ4v) is 1.84. The number of hydrogen-bond donors (Lipinski definition) is 0. The molecule has 0 amide bonds. The molecule has 0 N–H and O–H groups in total. The van der Waals surface area contributed by atoms with Crippen LogP contribution in [0.5, 0.6) is 0 Å². The second-order valence-corrected chi connectivity index (χ2v) is 3.99. The highest BCUT2D eigenvalue weighted by molar-refractivity contribution is 5.95. The van der Waals surface area contributed by atoms with Crippen molar-refractivity contribution >= 4 is 5.78 Å². The lowest BCUT2D eigenvalue weighted by molar-refractivity contribution is 0.0986. The smallest absolute Gasteiger partial charge is 0.188 e. The van der Waals surface area contributed by atoms with E-state index in [0.717, 1.165) is 12.8 Å². The number of carbonyl (C=O) groups excluding carboxylic acids is 1. The molecule has 0 saturated heterocycles. The van der Waals surface area contributed by atoms with Crippen molar-refractivity contribution in [3.63, 3.8) is 0 Å². The van der Waals surface area contributed by atoms with Crippen molar-refractivity contribution in [1.29, 1.82) is 0 Å². The van der Waals surface area contributed by atoms with Crippen LogP contribution in [0.3, 0.4) is 0 Å². The van der Waals surface area contributed by atoms with Crippen molar-refractivity contribution < 1.29 is 4.79 Å². The molecule has 0 aliphatic heterocycles. The van der Waals surface area contributed by atoms with E-state index in [1.54, 1.807) is 17.9 Å². The van der Waals surface area contributed by atoms with Crippen LogP contribution in [0.15, 0.2) is 17.8 Å². The molecule has 1 heterocycles. The first kappa shape index (κ1) is 10.1. The molecule has 2 rings (SSSR count). The van der Waals surface area contributed by atoms with E-state index in [4.69, 9.17) is 0 Å². The number of Topliss-reactive ketones (excluding diaryl/α,β-unsaturated/α-hetero) is 1. The number of aryl methyl sites for hydroxylation is 1. The molecule has 15 heavy (non-hydrogen) atoms. The zero-order valence-corrected chi connectivity index (χ0v) is 8.94. The average molecular weight is 205 g/mol. The molecule has 4 nitrogen and oxygen atoms in total. The van der Waals surface area contributed by atoms with Crippen LogP contribution in [-0.2, 0) is 7.05 Å². The van der Waals surface area contributed by atoms with Gasteiger partial charge in [-0.15, -0.1) is 5.10 Å². The van der Waals surface area contributed by atoms with E-state index < -0.39 is 0 Å². The number of nitrogens with zero attached hydrogens (tertiary/aromatic N) is 3. The van der Waals surface area contributed by atoms with Gasteiger partial charge in [-0.2, -0.15) is 0 Å². The maximum Gasteiger partial charge on any atom is 0.188 e. The number of allylic oxidation sites excluding steroid dienone is 2. The third kappa shape index (κ3) is 2.52. The Morgan fingerprint density at radius 1 is 1.53 bits per heavy atom. The van der Waals surface area contributed by atoms with Crippen LogP contribution < -0.4 is 0 Å². The molecule has 0 spiro atoms. The minimum atomic E-state index is 0.0799. The molecule has 4 heteroatoms. The number of rotatable bonds is 3. The summed E-state index contributed by atoms with van der Waals surface area (Å²) in [4.78, 5) is 11.8. The maximum absolute atomic E-state index is 11.8. The van der Waals surface area contributed by atoms with Gasteiger partial charge in [0.05, 0.1) is 6.20 Å². The van der Waals surface area contributed by atoms with E-state index in [9.17, 15) is 4.79 Å². The lowest BCUT2D eigenvalue weighted by Crippen LogP contribution is -2.03. The summed E-state index contributed by atoms with van der Waals surface area (Å²) in [6.07, 6.45) is 9.01. The summed E-state index contributed by atoms with van der Waals surface area (Å²) in [5, 5.41) is 7.57. The van der Waals surface area contributed by atoms with Gasteiger partial charge in [-0.1, -0.05) is 16.9 Å². The fourth-order valence-electron chi connectivity index (χ4n) is 1.84. The first-order valence-electron chi connectivity index (χ1n) is 5.33. The van der Waals surface area contributed by atoms with Crippen molar-refractivity contribution in [2.24, 2.45) is 7.05 Å². The predicted molar refractivity (Wildman–Crippen MR) is 56.5 cm³/mol. The van der Waals surface area contributed by atoms with Gasteiger partial charge in [0.2, 0.25) is 0 Å². The quantitative estimate of drug-likeness (QED) is 0.559. The van der Waals surface area contributed by atoms with E-state index in [-0.39, 0.29) is 5.78 Å². The van der Waals surface area contributed by atoms with Crippen molar-refractivity contribution in [3.05, 3.63) is 23.5 Å². The van der Waals surface area contributed by atoms with Gasteiger partial charge in [-0.3, -0.25) is 9.48 Å². The number of aromatic nitrogens is 3. The second kappa shape index (κ2) is 4.38. The predicted octanol–water partition coefficient (Wildman–Crippen LogP) is 1.89. The monoisotopic (exact) mass is 205 g/mol. The normalized spacial score (nSPS) is 16.2. The Kier molecular flexibility index (Phi) is 2.94. The first-order chi connectivity index (χ1) is 7.25. The van der Waals surface area contributed by atoms with Crippen molar-refractivity contribution in [3.8, 4) is 0 Å². The highest BCUT2D eigenvalue weighted by atomic mass is 16.1. The van der Waals surface area contributed by atoms with E-state index in [1.807, 2.05) is 0 Å². The maximum atomic E-state index is 11.8. The van der Waals surface area contributed by atoms with Gasteiger partial charge in [-0.05, 0) is 25.7 Å². The molecule has 0 aromatic carbocycles. The number of carbonyl (C=O) groups is 1. The molecule has 1 aliphatic carbocycles. The fraction of sp³-hybridized carbons (Fsp3) is 0.545. The largest absolute Gasteiger partial charge is 0.292 e. The van der Waals surface area contributed by atoms with Gasteiger partial charge in [0.1, 0.15) is 5.69 Å². The van der Waals surface area contributed by atoms with E-state index in [0.29, 0.717) is 12.1 Å². The van der Waals surface area contributed by atoms with Crippen LogP contribution in [0.4, 0.5) is 0 Å². The van der Waals surface area contributed by atoms with E-state index in [1.165, 1.54) is 18.4 Å². The topological polar surface area (TPSA) is 47.8 Å². The van der Waals surface area contributed by atoms with Gasteiger partial charge in [0.25, 0.3) is 0 Å². The summed E-state index contributed by atoms with van der Waals surface area (Å²) in [7, 11) is 1.77. The highest BCUT2D eigenvalue weighted by Crippen LogP contribution is 2.21. The zero-order chi connectivity index (χ0) is 10.7. The van der Waals surface area contributed by atoms with Crippen molar-refractivity contribution in [2.75, 3.05) is 0 Å². The first-order valence-corrected chi connectivity index (χ1v) is 5.33. The molecule has 0 unspecified atom stereocenters. The molecule has 0 bridgehead atoms. The van der Waals surface area contributed by atoms with Gasteiger partial charge in [0.15, 0.2) is 5.78 Å². The molecule has 1 aliphatic rings. The highest BCUT2D eigenvalue weighted by Gasteiger charge is 2.13. The van der Waals surface area contributed by atoms with Crippen molar-refractivity contribution in [2.45, 2.75) is 32.1 Å². The molecule has 0 atom stereocenters. The van der Waals surface area contributed by atoms with Crippen LogP contribution in [0.1, 0.15) is 42.6 Å². The molecular formula is C11H15N3O. The minimum Gasteiger partial charge on any atom is -0.292 e. The zero-order valence-electron chi connectivity index (χ0n) is 8.94. The molecule has 0 saturated carbocycles. The summed E-state index contributed by atoms with van der Waals surface area (Å²) >= 11 is 0. The lowest BCUT2D eigenvalue weighted by atomic mass is 9.95. The minimum absolute atomic E-state index is 0.0799. The van der Waals surface area contributed by atoms with Gasteiger partial charge < -0.3 is 0 Å². The number of ketones is 1. The molecular weight excluding hydrogens is 190 g/mol. The van der Waals surface area contributed by atoms with Crippen LogP contribution in [0.25, 0.3) is 0 Å². The summed E-state index contributed by atoms with van der Waals surface area (Å²) in [5.74, 6) is 0.0799. The Hall–Kier alpha value is -1.45. The lowest BCUT2D eigenvalue weighted by Gasteiger charge is -2.10. The third-order valence-corrected chi connectivity index (χ3v) is 2.66. The average Bonchev–Trinajstić information content (AvgIpc) is 2.66. The van der Waals surface area contributed by atoms with Crippen molar-refractivity contribution in [1.82, 2.24) is 15.0 Å². The summed E-state index contributed by atoms with van der Waals surface area (Å²) in [5.41, 5.74) is 1.74. The Labute approximate surface area is 89.0 Å². The second-order valence-electron chi connectivity index (χ2n) is 3.99. The summed E-state index contributed by atoms with van der Waals surface area (Å²) in [6, 6.07) is 0. The van der Waals surface area contributed by atoms with Crippen LogP contribution in [0, 0.1) is 0 Å². The Balaban J connectivity index is 2.00. The van der Waals surface area contributed by atoms with E-state index in [2.05, 4.69) is 16.4 Å². The standard InChI is InChI=1S/C11H15N3O/c1-14-8-10(12-13-14)11(15)7-9-5-3-2-4-6-9/h5,8H,2-4,6-7H2,1H3. The Bertz CT molecular complexity index is 392. The molecule has 1 aromatic rings. The van der Waals surface area contributed by atoms with Crippen LogP contribution >= 0.6 is 0 Å². The van der Waals surface area contributed by atoms with Gasteiger partial charge in [0, 0.05) is 13.5 Å². The Morgan fingerprint density at radius 3 is 3.00 bits per heavy atom. The van der Waals surface area contributed by atoms with Gasteiger partial charge in [-0.25, -0.2) is 0 Å². The molecule has 1 aromatic heterocycles. The van der Waals surface area contributed by atoms with Crippen LogP contribution in [0.2, 0.25) is 0 Å². The molecule has 0 fully saturated rings.